The molecule has 0 aliphatic rings. The van der Waals surface area contributed by atoms with Crippen molar-refractivity contribution in [3.05, 3.63) is 70.2 Å². The summed E-state index contributed by atoms with van der Waals surface area (Å²) in [6.07, 6.45) is 0. The first kappa shape index (κ1) is 16.7. The summed E-state index contributed by atoms with van der Waals surface area (Å²) in [4.78, 5) is 0. The molecule has 98 valence electrons. The van der Waals surface area contributed by atoms with Crippen molar-refractivity contribution in [3.63, 3.8) is 0 Å². The highest BCUT2D eigenvalue weighted by Crippen LogP contribution is 2.08. The van der Waals surface area contributed by atoms with E-state index in [0.717, 1.165) is 5.02 Å². The van der Waals surface area contributed by atoms with Crippen LogP contribution < -0.4 is 0 Å². The fourth-order valence-corrected chi connectivity index (χ4v) is 1.66. The lowest BCUT2D eigenvalue weighted by molar-refractivity contribution is 1.39. The van der Waals surface area contributed by atoms with Crippen LogP contribution in [0.5, 0.6) is 0 Å². The Morgan fingerprint density at radius 3 is 1.28 bits per heavy atom. The van der Waals surface area contributed by atoms with Crippen molar-refractivity contribution < 1.29 is 0 Å². The molecular weight excluding hydrogens is 240 g/mol. The minimum atomic E-state index is 0.810. The first-order chi connectivity index (χ1) is 8.58. The average Bonchev–Trinajstić information content (AvgIpc) is 2.31. The maximum Gasteiger partial charge on any atom is 0.0408 e. The van der Waals surface area contributed by atoms with Crippen LogP contribution in [0, 0.1) is 20.8 Å². The lowest BCUT2D eigenvalue weighted by Gasteiger charge is -1.90. The Labute approximate surface area is 117 Å². The fraction of sp³-hybridized carbons (Fsp3) is 0.294. The third kappa shape index (κ3) is 7.92. The molecule has 0 aliphatic carbocycles. The molecule has 0 spiro atoms. The van der Waals surface area contributed by atoms with E-state index in [1.54, 1.807) is 0 Å². The summed E-state index contributed by atoms with van der Waals surface area (Å²) in [6.45, 7) is 10.2. The molecule has 0 amide bonds. The summed E-state index contributed by atoms with van der Waals surface area (Å²) in [5.41, 5.74) is 3.88. The van der Waals surface area contributed by atoms with Crippen molar-refractivity contribution in [2.45, 2.75) is 34.6 Å². The third-order valence-electron chi connectivity index (χ3n) is 2.15. The van der Waals surface area contributed by atoms with Gasteiger partial charge >= 0.3 is 0 Å². The Morgan fingerprint density at radius 1 is 0.667 bits per heavy atom. The quantitative estimate of drug-likeness (QED) is 0.548. The third-order valence-corrected chi connectivity index (χ3v) is 2.39. The Morgan fingerprint density at radius 2 is 1.06 bits per heavy atom. The van der Waals surface area contributed by atoms with Crippen LogP contribution in [0.2, 0.25) is 5.02 Å². The number of rotatable bonds is 0. The molecule has 2 aromatic rings. The summed E-state index contributed by atoms with van der Waals surface area (Å²) < 4.78 is 0. The summed E-state index contributed by atoms with van der Waals surface area (Å²) in [5.74, 6) is 0. The van der Waals surface area contributed by atoms with E-state index in [2.05, 4.69) is 38.1 Å². The Kier molecular flexibility index (Phi) is 9.04. The molecule has 0 nitrogen and oxygen atoms in total. The summed E-state index contributed by atoms with van der Waals surface area (Å²) in [5, 5.41) is 0.810. The lowest BCUT2D eigenvalue weighted by Crippen LogP contribution is -1.71. The maximum absolute atomic E-state index is 5.64. The SMILES string of the molecule is CC.Cc1cccc(C)c1.Cc1cccc(Cl)c1. The minimum absolute atomic E-state index is 0.810. The smallest absolute Gasteiger partial charge is 0.0408 e. The molecule has 0 unspecified atom stereocenters. The Hall–Kier alpha value is -1.27. The zero-order chi connectivity index (χ0) is 14.0. The molecule has 0 aliphatic heterocycles. The van der Waals surface area contributed by atoms with Gasteiger partial charge in [-0.05, 0) is 38.5 Å². The molecule has 0 aromatic heterocycles. The standard InChI is InChI=1S/C8H10.C7H7Cl.C2H6/c1-7-4-3-5-8(2)6-7;1-6-3-2-4-7(8)5-6;1-2/h3-6H,1-2H3;2-5H,1H3;1-2H3. The van der Waals surface area contributed by atoms with E-state index >= 15 is 0 Å². The topological polar surface area (TPSA) is 0 Å². The monoisotopic (exact) mass is 262 g/mol. The molecule has 0 N–H and O–H groups in total. The van der Waals surface area contributed by atoms with Crippen LogP contribution in [0.25, 0.3) is 0 Å². The van der Waals surface area contributed by atoms with E-state index in [0.29, 0.717) is 0 Å². The highest BCUT2D eigenvalue weighted by molar-refractivity contribution is 6.30. The second kappa shape index (κ2) is 9.73. The number of hydrogen-bond acceptors (Lipinski definition) is 0. The second-order valence-electron chi connectivity index (χ2n) is 3.96. The molecule has 0 saturated heterocycles. The predicted molar refractivity (Wildman–Crippen MR) is 83.5 cm³/mol. The van der Waals surface area contributed by atoms with Gasteiger partial charge < -0.3 is 0 Å². The summed E-state index contributed by atoms with van der Waals surface area (Å²) in [7, 11) is 0. The Bertz CT molecular complexity index is 369. The van der Waals surface area contributed by atoms with E-state index in [1.807, 2.05) is 45.0 Å². The van der Waals surface area contributed by atoms with Crippen molar-refractivity contribution in [1.82, 2.24) is 0 Å². The summed E-state index contributed by atoms with van der Waals surface area (Å²) in [6, 6.07) is 16.2. The normalized spacial score (nSPS) is 8.56. The van der Waals surface area contributed by atoms with Gasteiger partial charge in [0, 0.05) is 5.02 Å². The zero-order valence-corrected chi connectivity index (χ0v) is 12.8. The molecule has 2 rings (SSSR count). The van der Waals surface area contributed by atoms with Crippen molar-refractivity contribution in [2.24, 2.45) is 0 Å². The predicted octanol–water partition coefficient (Wildman–Crippen LogP) is 5.98. The fourth-order valence-electron chi connectivity index (χ4n) is 1.41. The van der Waals surface area contributed by atoms with Crippen molar-refractivity contribution in [2.75, 3.05) is 0 Å². The molecule has 18 heavy (non-hydrogen) atoms. The van der Waals surface area contributed by atoms with Crippen molar-refractivity contribution >= 4 is 11.6 Å². The van der Waals surface area contributed by atoms with Crippen molar-refractivity contribution in [3.8, 4) is 0 Å². The van der Waals surface area contributed by atoms with Gasteiger partial charge in [0.25, 0.3) is 0 Å². The number of benzene rings is 2. The highest BCUT2D eigenvalue weighted by Gasteiger charge is 1.83. The first-order valence-corrected chi connectivity index (χ1v) is 6.71. The van der Waals surface area contributed by atoms with Crippen LogP contribution in [-0.2, 0) is 0 Å². The van der Waals surface area contributed by atoms with Crippen LogP contribution in [-0.4, -0.2) is 0 Å². The molecular formula is C17H23Cl. The maximum atomic E-state index is 5.64. The average molecular weight is 263 g/mol. The van der Waals surface area contributed by atoms with Crippen molar-refractivity contribution in [1.29, 1.82) is 0 Å². The second-order valence-corrected chi connectivity index (χ2v) is 4.39. The van der Waals surface area contributed by atoms with Crippen LogP contribution in [0.3, 0.4) is 0 Å². The van der Waals surface area contributed by atoms with E-state index in [1.165, 1.54) is 16.7 Å². The molecule has 0 fully saturated rings. The van der Waals surface area contributed by atoms with Crippen LogP contribution in [0.4, 0.5) is 0 Å². The van der Waals surface area contributed by atoms with Gasteiger partial charge in [0.05, 0.1) is 0 Å². The van der Waals surface area contributed by atoms with Gasteiger partial charge in [-0.15, -0.1) is 0 Å². The summed E-state index contributed by atoms with van der Waals surface area (Å²) >= 11 is 5.64. The minimum Gasteiger partial charge on any atom is -0.0843 e. The molecule has 2 aromatic carbocycles. The van der Waals surface area contributed by atoms with Gasteiger partial charge in [0.15, 0.2) is 0 Å². The zero-order valence-electron chi connectivity index (χ0n) is 12.0. The van der Waals surface area contributed by atoms with Gasteiger partial charge in [-0.25, -0.2) is 0 Å². The van der Waals surface area contributed by atoms with Crippen LogP contribution in [0.1, 0.15) is 30.5 Å². The van der Waals surface area contributed by atoms with Gasteiger partial charge in [-0.1, -0.05) is 73.0 Å². The Balaban J connectivity index is 0.000000283. The lowest BCUT2D eigenvalue weighted by atomic mass is 10.2. The van der Waals surface area contributed by atoms with E-state index in [9.17, 15) is 0 Å². The largest absolute Gasteiger partial charge is 0.0843 e. The molecule has 1 heteroatoms. The van der Waals surface area contributed by atoms with Gasteiger partial charge in [-0.3, -0.25) is 0 Å². The van der Waals surface area contributed by atoms with Gasteiger partial charge in [-0.2, -0.15) is 0 Å². The van der Waals surface area contributed by atoms with Gasteiger partial charge in [0.1, 0.15) is 0 Å². The van der Waals surface area contributed by atoms with Gasteiger partial charge in [0.2, 0.25) is 0 Å². The van der Waals surface area contributed by atoms with E-state index < -0.39 is 0 Å². The molecule has 0 radical (unpaired) electrons. The van der Waals surface area contributed by atoms with Crippen LogP contribution in [0.15, 0.2) is 48.5 Å². The number of hydrogen-bond donors (Lipinski definition) is 0. The highest BCUT2D eigenvalue weighted by atomic mass is 35.5. The molecule has 0 atom stereocenters. The van der Waals surface area contributed by atoms with E-state index in [-0.39, 0.29) is 0 Å². The molecule has 0 bridgehead atoms. The van der Waals surface area contributed by atoms with Crippen LogP contribution >= 0.6 is 11.6 Å². The van der Waals surface area contributed by atoms with E-state index in [4.69, 9.17) is 11.6 Å². The molecule has 0 heterocycles. The number of halogens is 1. The number of aryl methyl sites for hydroxylation is 3. The first-order valence-electron chi connectivity index (χ1n) is 6.33. The molecule has 0 saturated carbocycles.